The molecule has 0 saturated carbocycles. The number of hydrogen-bond acceptors (Lipinski definition) is 4. The third-order valence-corrected chi connectivity index (χ3v) is 4.20. The van der Waals surface area contributed by atoms with Crippen molar-refractivity contribution in [2.24, 2.45) is 16.8 Å². The smallest absolute Gasteiger partial charge is 0.309 e. The molecule has 0 aromatic carbocycles. The maximum Gasteiger partial charge on any atom is 0.309 e. The van der Waals surface area contributed by atoms with E-state index in [0.717, 1.165) is 58.1 Å². The van der Waals surface area contributed by atoms with Gasteiger partial charge < -0.3 is 19.7 Å². The van der Waals surface area contributed by atoms with E-state index in [2.05, 4.69) is 15.2 Å². The largest absolute Gasteiger partial charge is 0.466 e. The average Bonchev–Trinajstić information content (AvgIpc) is 3.02. The molecule has 0 bridgehead atoms. The molecule has 2 aliphatic heterocycles. The molecule has 1 atom stereocenters. The van der Waals surface area contributed by atoms with Crippen LogP contribution in [0.3, 0.4) is 0 Å². The lowest BCUT2D eigenvalue weighted by atomic mass is 9.97. The minimum Gasteiger partial charge on any atom is -0.466 e. The number of guanidine groups is 1. The number of nitrogens with one attached hydrogen (secondary N) is 1. The summed E-state index contributed by atoms with van der Waals surface area (Å²) in [5, 5.41) is 3.43. The summed E-state index contributed by atoms with van der Waals surface area (Å²) in [6.07, 6.45) is 2.80. The van der Waals surface area contributed by atoms with Gasteiger partial charge in [0.15, 0.2) is 5.96 Å². The Morgan fingerprint density at radius 2 is 2.09 bits per heavy atom. The fourth-order valence-electron chi connectivity index (χ4n) is 2.90. The van der Waals surface area contributed by atoms with Crippen LogP contribution >= 0.6 is 24.0 Å². The van der Waals surface area contributed by atoms with E-state index in [0.29, 0.717) is 12.5 Å². The molecular formula is C15H28IN3O3. The minimum absolute atomic E-state index is 0. The number of likely N-dealkylation sites (tertiary alicyclic amines) is 1. The second kappa shape index (κ2) is 10.3. The first kappa shape index (κ1) is 19.5. The molecule has 2 heterocycles. The van der Waals surface area contributed by atoms with Crippen molar-refractivity contribution in [2.75, 3.05) is 46.5 Å². The van der Waals surface area contributed by atoms with Crippen molar-refractivity contribution in [3.63, 3.8) is 0 Å². The highest BCUT2D eigenvalue weighted by molar-refractivity contribution is 14.0. The first-order valence-electron chi connectivity index (χ1n) is 7.94. The molecule has 0 amide bonds. The number of ether oxygens (including phenoxy) is 2. The quantitative estimate of drug-likeness (QED) is 0.320. The SMILES string of the molecule is CCOC(=O)C1CCN(C(=NC)NCC2CCOC2)CC1.I. The molecule has 0 spiro atoms. The fraction of sp³-hybridized carbons (Fsp3) is 0.867. The third-order valence-electron chi connectivity index (χ3n) is 4.20. The molecule has 2 rings (SSSR count). The summed E-state index contributed by atoms with van der Waals surface area (Å²) in [5.74, 6) is 1.51. The second-order valence-corrected chi connectivity index (χ2v) is 5.67. The van der Waals surface area contributed by atoms with Gasteiger partial charge in [-0.15, -0.1) is 24.0 Å². The van der Waals surface area contributed by atoms with Crippen LogP contribution in [0.4, 0.5) is 0 Å². The number of hydrogen-bond donors (Lipinski definition) is 1. The summed E-state index contributed by atoms with van der Waals surface area (Å²) in [7, 11) is 1.81. The molecule has 2 saturated heterocycles. The van der Waals surface area contributed by atoms with Crippen molar-refractivity contribution in [1.82, 2.24) is 10.2 Å². The molecule has 7 heteroatoms. The van der Waals surface area contributed by atoms with Crippen LogP contribution in [0, 0.1) is 11.8 Å². The number of nitrogens with zero attached hydrogens (tertiary/aromatic N) is 2. The van der Waals surface area contributed by atoms with Gasteiger partial charge in [-0.05, 0) is 26.2 Å². The van der Waals surface area contributed by atoms with E-state index in [4.69, 9.17) is 9.47 Å². The molecule has 6 nitrogen and oxygen atoms in total. The molecule has 0 aromatic heterocycles. The van der Waals surface area contributed by atoms with Crippen molar-refractivity contribution < 1.29 is 14.3 Å². The molecule has 22 heavy (non-hydrogen) atoms. The lowest BCUT2D eigenvalue weighted by molar-refractivity contribution is -0.149. The molecule has 0 aromatic rings. The second-order valence-electron chi connectivity index (χ2n) is 5.67. The molecular weight excluding hydrogens is 397 g/mol. The van der Waals surface area contributed by atoms with E-state index in [1.54, 1.807) is 0 Å². The van der Waals surface area contributed by atoms with Crippen LogP contribution in [0.15, 0.2) is 4.99 Å². The number of aliphatic imine (C=N–C) groups is 1. The van der Waals surface area contributed by atoms with E-state index in [1.807, 2.05) is 14.0 Å². The Kier molecular flexibility index (Phi) is 9.08. The zero-order chi connectivity index (χ0) is 15.1. The van der Waals surface area contributed by atoms with Gasteiger partial charge in [0, 0.05) is 39.2 Å². The Bertz CT molecular complexity index is 365. The molecule has 0 radical (unpaired) electrons. The van der Waals surface area contributed by atoms with E-state index in [-0.39, 0.29) is 35.9 Å². The third kappa shape index (κ3) is 5.57. The Morgan fingerprint density at radius 1 is 1.36 bits per heavy atom. The van der Waals surface area contributed by atoms with Gasteiger partial charge in [0.05, 0.1) is 19.1 Å². The maximum atomic E-state index is 11.7. The first-order valence-corrected chi connectivity index (χ1v) is 7.94. The van der Waals surface area contributed by atoms with E-state index in [9.17, 15) is 4.79 Å². The normalized spacial score (nSPS) is 23.1. The molecule has 1 unspecified atom stereocenters. The van der Waals surface area contributed by atoms with Crippen LogP contribution in [0.2, 0.25) is 0 Å². The summed E-state index contributed by atoms with van der Waals surface area (Å²) in [6, 6.07) is 0. The number of halogens is 1. The lowest BCUT2D eigenvalue weighted by Gasteiger charge is -2.33. The fourth-order valence-corrected chi connectivity index (χ4v) is 2.90. The van der Waals surface area contributed by atoms with Gasteiger partial charge in [-0.3, -0.25) is 9.79 Å². The summed E-state index contributed by atoms with van der Waals surface area (Å²) in [5.41, 5.74) is 0. The van der Waals surface area contributed by atoms with Crippen molar-refractivity contribution in [2.45, 2.75) is 26.2 Å². The van der Waals surface area contributed by atoms with Crippen LogP contribution in [-0.4, -0.2) is 63.3 Å². The number of esters is 1. The molecule has 1 N–H and O–H groups in total. The van der Waals surface area contributed by atoms with Gasteiger partial charge in [-0.2, -0.15) is 0 Å². The predicted molar refractivity (Wildman–Crippen MR) is 96.6 cm³/mol. The van der Waals surface area contributed by atoms with E-state index >= 15 is 0 Å². The van der Waals surface area contributed by atoms with E-state index < -0.39 is 0 Å². The van der Waals surface area contributed by atoms with Crippen LogP contribution in [0.1, 0.15) is 26.2 Å². The van der Waals surface area contributed by atoms with Crippen molar-refractivity contribution >= 4 is 35.9 Å². The van der Waals surface area contributed by atoms with Gasteiger partial charge in [0.1, 0.15) is 0 Å². The monoisotopic (exact) mass is 425 g/mol. The summed E-state index contributed by atoms with van der Waals surface area (Å²) >= 11 is 0. The van der Waals surface area contributed by atoms with Crippen molar-refractivity contribution in [1.29, 1.82) is 0 Å². The topological polar surface area (TPSA) is 63.2 Å². The first-order chi connectivity index (χ1) is 10.2. The van der Waals surface area contributed by atoms with Gasteiger partial charge in [0.2, 0.25) is 0 Å². The van der Waals surface area contributed by atoms with Crippen LogP contribution in [0.5, 0.6) is 0 Å². The van der Waals surface area contributed by atoms with E-state index in [1.165, 1.54) is 0 Å². The van der Waals surface area contributed by atoms with Crippen molar-refractivity contribution in [3.05, 3.63) is 0 Å². The number of piperidine rings is 1. The Labute approximate surface area is 150 Å². The van der Waals surface area contributed by atoms with Gasteiger partial charge in [-0.1, -0.05) is 0 Å². The molecule has 128 valence electrons. The Balaban J connectivity index is 0.00000242. The van der Waals surface area contributed by atoms with Gasteiger partial charge in [0.25, 0.3) is 0 Å². The highest BCUT2D eigenvalue weighted by Gasteiger charge is 2.27. The lowest BCUT2D eigenvalue weighted by Crippen LogP contribution is -2.47. The minimum atomic E-state index is -0.0526. The van der Waals surface area contributed by atoms with Crippen molar-refractivity contribution in [3.8, 4) is 0 Å². The zero-order valence-corrected chi connectivity index (χ0v) is 15.9. The highest BCUT2D eigenvalue weighted by atomic mass is 127. The number of rotatable bonds is 4. The summed E-state index contributed by atoms with van der Waals surface area (Å²) < 4.78 is 10.5. The Hall–Kier alpha value is -0.570. The summed E-state index contributed by atoms with van der Waals surface area (Å²) in [6.45, 7) is 6.64. The number of carbonyl (C=O) groups is 1. The maximum absolute atomic E-state index is 11.7. The van der Waals surface area contributed by atoms with Gasteiger partial charge in [-0.25, -0.2) is 0 Å². The highest BCUT2D eigenvalue weighted by Crippen LogP contribution is 2.19. The Morgan fingerprint density at radius 3 is 2.64 bits per heavy atom. The van der Waals surface area contributed by atoms with Crippen LogP contribution in [0.25, 0.3) is 0 Å². The standard InChI is InChI=1S/C15H27N3O3.HI/c1-3-21-14(19)13-4-7-18(8-5-13)15(16-2)17-10-12-6-9-20-11-12;/h12-13H,3-11H2,1-2H3,(H,16,17);1H. The number of carbonyl (C=O) groups excluding carboxylic acids is 1. The summed E-state index contributed by atoms with van der Waals surface area (Å²) in [4.78, 5) is 18.3. The molecule has 0 aliphatic carbocycles. The average molecular weight is 425 g/mol. The zero-order valence-electron chi connectivity index (χ0n) is 13.5. The van der Waals surface area contributed by atoms with Crippen LogP contribution in [-0.2, 0) is 14.3 Å². The van der Waals surface area contributed by atoms with Crippen LogP contribution < -0.4 is 5.32 Å². The molecule has 2 aliphatic rings. The predicted octanol–water partition coefficient (Wildman–Crippen LogP) is 1.49. The van der Waals surface area contributed by atoms with Gasteiger partial charge >= 0.3 is 5.97 Å². The molecule has 2 fully saturated rings.